The number of rotatable bonds is 1. The summed E-state index contributed by atoms with van der Waals surface area (Å²) in [6, 6.07) is 8.20. The van der Waals surface area contributed by atoms with E-state index in [1.807, 2.05) is 36.2 Å². The summed E-state index contributed by atoms with van der Waals surface area (Å²) in [5.74, 6) is 0.302. The molecule has 0 aromatic heterocycles. The van der Waals surface area contributed by atoms with E-state index in [2.05, 4.69) is 12.1 Å². The first-order valence-corrected chi connectivity index (χ1v) is 4.69. The zero-order chi connectivity index (χ0) is 9.97. The average Bonchev–Trinajstić information content (AvgIpc) is 2.27. The van der Waals surface area contributed by atoms with Gasteiger partial charge in [-0.25, -0.2) is 0 Å². The Balaban J connectivity index is 2.30. The van der Waals surface area contributed by atoms with Crippen molar-refractivity contribution in [2.24, 2.45) is 0 Å². The Kier molecular flexibility index (Phi) is 2.27. The van der Waals surface area contributed by atoms with Gasteiger partial charge in [-0.15, -0.1) is 0 Å². The van der Waals surface area contributed by atoms with E-state index in [1.54, 1.807) is 6.08 Å². The first kappa shape index (κ1) is 8.88. The molecule has 0 bridgehead atoms. The molecule has 0 radical (unpaired) electrons. The van der Waals surface area contributed by atoms with Crippen LogP contribution in [0.1, 0.15) is 18.1 Å². The Morgan fingerprint density at radius 3 is 3.00 bits per heavy atom. The maximum Gasteiger partial charge on any atom is 0.186 e. The zero-order valence-corrected chi connectivity index (χ0v) is 8.14. The van der Waals surface area contributed by atoms with Gasteiger partial charge in [0.15, 0.2) is 5.88 Å². The molecule has 1 aromatic carbocycles. The van der Waals surface area contributed by atoms with Gasteiger partial charge in [0.1, 0.15) is 0 Å². The fourth-order valence-electron chi connectivity index (χ4n) is 1.57. The standard InChI is InChI=1S/C12H13NO/c1-2-12(14)13-8-7-10-5-3-4-6-11(10)9-13/h2-8,14H,9H2,1H3. The zero-order valence-electron chi connectivity index (χ0n) is 8.14. The molecule has 14 heavy (non-hydrogen) atoms. The van der Waals surface area contributed by atoms with Crippen molar-refractivity contribution < 1.29 is 5.11 Å². The number of benzene rings is 1. The number of aliphatic hydroxyl groups is 1. The molecule has 0 atom stereocenters. The molecule has 0 fully saturated rings. The highest BCUT2D eigenvalue weighted by Crippen LogP contribution is 2.21. The van der Waals surface area contributed by atoms with Gasteiger partial charge in [-0.2, -0.15) is 0 Å². The van der Waals surface area contributed by atoms with E-state index in [9.17, 15) is 5.11 Å². The van der Waals surface area contributed by atoms with Crippen LogP contribution in [0.5, 0.6) is 0 Å². The van der Waals surface area contributed by atoms with Crippen molar-refractivity contribution >= 4 is 6.08 Å². The first-order valence-electron chi connectivity index (χ1n) is 4.69. The smallest absolute Gasteiger partial charge is 0.186 e. The average molecular weight is 187 g/mol. The number of nitrogens with zero attached hydrogens (tertiary/aromatic N) is 1. The summed E-state index contributed by atoms with van der Waals surface area (Å²) in [5.41, 5.74) is 2.47. The summed E-state index contributed by atoms with van der Waals surface area (Å²) in [6.07, 6.45) is 5.61. The summed E-state index contributed by atoms with van der Waals surface area (Å²) in [4.78, 5) is 1.82. The number of allylic oxidation sites excluding steroid dienone is 1. The van der Waals surface area contributed by atoms with Crippen molar-refractivity contribution in [2.75, 3.05) is 0 Å². The number of hydrogen-bond acceptors (Lipinski definition) is 2. The summed E-state index contributed by atoms with van der Waals surface area (Å²) < 4.78 is 0. The molecule has 1 aliphatic rings. The van der Waals surface area contributed by atoms with E-state index in [1.165, 1.54) is 11.1 Å². The summed E-state index contributed by atoms with van der Waals surface area (Å²) >= 11 is 0. The predicted octanol–water partition coefficient (Wildman–Crippen LogP) is 2.89. The van der Waals surface area contributed by atoms with Crippen molar-refractivity contribution in [3.8, 4) is 0 Å². The monoisotopic (exact) mass is 187 g/mol. The van der Waals surface area contributed by atoms with Crippen LogP contribution in [-0.2, 0) is 6.54 Å². The minimum atomic E-state index is 0.302. The lowest BCUT2D eigenvalue weighted by molar-refractivity contribution is 0.247. The molecular formula is C12H13NO. The predicted molar refractivity (Wildman–Crippen MR) is 57.4 cm³/mol. The van der Waals surface area contributed by atoms with Crippen molar-refractivity contribution in [3.63, 3.8) is 0 Å². The van der Waals surface area contributed by atoms with E-state index >= 15 is 0 Å². The Bertz CT molecular complexity index is 393. The van der Waals surface area contributed by atoms with E-state index < -0.39 is 0 Å². The molecule has 0 saturated carbocycles. The third-order valence-electron chi connectivity index (χ3n) is 2.38. The topological polar surface area (TPSA) is 23.5 Å². The lowest BCUT2D eigenvalue weighted by Crippen LogP contribution is -2.18. The quantitative estimate of drug-likeness (QED) is 0.683. The fraction of sp³-hybridized carbons (Fsp3) is 0.167. The lowest BCUT2D eigenvalue weighted by Gasteiger charge is -2.23. The van der Waals surface area contributed by atoms with Crippen molar-refractivity contribution in [2.45, 2.75) is 13.5 Å². The Hall–Kier alpha value is -1.70. The summed E-state index contributed by atoms with van der Waals surface area (Å²) in [7, 11) is 0. The van der Waals surface area contributed by atoms with Gasteiger partial charge in [0.05, 0.1) is 6.54 Å². The third kappa shape index (κ3) is 1.51. The second-order valence-corrected chi connectivity index (χ2v) is 3.29. The van der Waals surface area contributed by atoms with Gasteiger partial charge in [-0.3, -0.25) is 0 Å². The molecule has 1 aliphatic heterocycles. The number of aliphatic hydroxyl groups excluding tert-OH is 1. The lowest BCUT2D eigenvalue weighted by atomic mass is 10.0. The van der Waals surface area contributed by atoms with Crippen LogP contribution in [0.4, 0.5) is 0 Å². The molecular weight excluding hydrogens is 174 g/mol. The minimum absolute atomic E-state index is 0.302. The second-order valence-electron chi connectivity index (χ2n) is 3.29. The molecule has 1 heterocycles. The Morgan fingerprint density at radius 2 is 2.21 bits per heavy atom. The van der Waals surface area contributed by atoms with Crippen molar-refractivity contribution in [3.05, 3.63) is 53.6 Å². The van der Waals surface area contributed by atoms with Gasteiger partial charge in [0.25, 0.3) is 0 Å². The maximum atomic E-state index is 9.54. The normalized spacial score (nSPS) is 15.5. The van der Waals surface area contributed by atoms with Gasteiger partial charge in [0.2, 0.25) is 0 Å². The molecule has 1 N–H and O–H groups in total. The van der Waals surface area contributed by atoms with Crippen LogP contribution in [0.3, 0.4) is 0 Å². The minimum Gasteiger partial charge on any atom is -0.495 e. The fourth-order valence-corrected chi connectivity index (χ4v) is 1.57. The van der Waals surface area contributed by atoms with E-state index in [-0.39, 0.29) is 0 Å². The van der Waals surface area contributed by atoms with E-state index in [0.29, 0.717) is 5.88 Å². The summed E-state index contributed by atoms with van der Waals surface area (Å²) in [6.45, 7) is 2.56. The molecule has 72 valence electrons. The molecule has 2 nitrogen and oxygen atoms in total. The first-order chi connectivity index (χ1) is 6.81. The van der Waals surface area contributed by atoms with E-state index in [4.69, 9.17) is 0 Å². The van der Waals surface area contributed by atoms with E-state index in [0.717, 1.165) is 6.54 Å². The number of hydrogen-bond donors (Lipinski definition) is 1. The van der Waals surface area contributed by atoms with Crippen LogP contribution in [0, 0.1) is 0 Å². The highest BCUT2D eigenvalue weighted by molar-refractivity contribution is 5.55. The molecule has 0 unspecified atom stereocenters. The van der Waals surface area contributed by atoms with Crippen LogP contribution in [0.25, 0.3) is 6.08 Å². The maximum absolute atomic E-state index is 9.54. The Morgan fingerprint density at radius 1 is 1.43 bits per heavy atom. The molecule has 0 saturated heterocycles. The van der Waals surface area contributed by atoms with Gasteiger partial charge in [0, 0.05) is 6.20 Å². The molecule has 2 rings (SSSR count). The highest BCUT2D eigenvalue weighted by atomic mass is 16.3. The van der Waals surface area contributed by atoms with Crippen LogP contribution < -0.4 is 0 Å². The van der Waals surface area contributed by atoms with Crippen LogP contribution in [-0.4, -0.2) is 10.0 Å². The molecule has 0 spiro atoms. The molecule has 2 heteroatoms. The van der Waals surface area contributed by atoms with Crippen LogP contribution in [0.2, 0.25) is 0 Å². The third-order valence-corrected chi connectivity index (χ3v) is 2.38. The van der Waals surface area contributed by atoms with Crippen molar-refractivity contribution in [1.82, 2.24) is 4.90 Å². The SMILES string of the molecule is CC=C(O)N1C=Cc2ccccc2C1. The molecule has 0 amide bonds. The van der Waals surface area contributed by atoms with Crippen molar-refractivity contribution in [1.29, 1.82) is 0 Å². The number of fused-ring (bicyclic) bond motifs is 1. The molecule has 1 aromatic rings. The van der Waals surface area contributed by atoms with Gasteiger partial charge in [-0.05, 0) is 30.2 Å². The second kappa shape index (κ2) is 3.58. The largest absolute Gasteiger partial charge is 0.495 e. The van der Waals surface area contributed by atoms with Gasteiger partial charge in [-0.1, -0.05) is 24.3 Å². The summed E-state index contributed by atoms with van der Waals surface area (Å²) in [5, 5.41) is 9.54. The van der Waals surface area contributed by atoms with Gasteiger partial charge >= 0.3 is 0 Å². The highest BCUT2D eigenvalue weighted by Gasteiger charge is 2.11. The van der Waals surface area contributed by atoms with Gasteiger partial charge < -0.3 is 10.0 Å². The molecule has 0 aliphatic carbocycles. The Labute approximate surface area is 83.8 Å². The van der Waals surface area contributed by atoms with Crippen LogP contribution in [0.15, 0.2) is 42.4 Å². The van der Waals surface area contributed by atoms with Crippen LogP contribution >= 0.6 is 0 Å².